The molecule has 2 aromatic carbocycles. The topological polar surface area (TPSA) is 47.2 Å². The average molecular weight is 399 g/mol. The van der Waals surface area contributed by atoms with E-state index in [9.17, 15) is 9.90 Å². The quantitative estimate of drug-likeness (QED) is 0.429. The van der Waals surface area contributed by atoms with Crippen molar-refractivity contribution in [3.05, 3.63) is 59.3 Å². The number of aryl methyl sites for hydroxylation is 3. The van der Waals surface area contributed by atoms with Gasteiger partial charge in [-0.2, -0.15) is 0 Å². The maximum Gasteiger partial charge on any atom is 0.335 e. The molecule has 0 radical (unpaired) electrons. The molecule has 4 aromatic rings. The lowest BCUT2D eigenvalue weighted by atomic mass is 9.81. The monoisotopic (exact) mass is 398 g/mol. The minimum Gasteiger partial charge on any atom is -0.478 e. The predicted molar refractivity (Wildman–Crippen MR) is 120 cm³/mol. The van der Waals surface area contributed by atoms with Crippen LogP contribution in [-0.4, -0.2) is 20.2 Å². The number of carbonyl (C=O) groups is 1. The molecule has 1 saturated carbocycles. The van der Waals surface area contributed by atoms with Gasteiger partial charge in [-0.25, -0.2) is 4.79 Å². The van der Waals surface area contributed by atoms with Gasteiger partial charge >= 0.3 is 5.97 Å². The molecule has 0 saturated heterocycles. The highest BCUT2D eigenvalue weighted by Crippen LogP contribution is 2.47. The van der Waals surface area contributed by atoms with Gasteiger partial charge in [0.05, 0.1) is 16.8 Å². The molecule has 0 bridgehead atoms. The van der Waals surface area contributed by atoms with Gasteiger partial charge in [-0.3, -0.25) is 0 Å². The number of rotatable bonds is 2. The fourth-order valence-corrected chi connectivity index (χ4v) is 5.97. The first kappa shape index (κ1) is 17.8. The van der Waals surface area contributed by atoms with E-state index in [1.807, 2.05) is 6.07 Å². The summed E-state index contributed by atoms with van der Waals surface area (Å²) in [5, 5.41) is 12.2. The highest BCUT2D eigenvalue weighted by atomic mass is 16.4. The molecular formula is C26H26N2O2. The Morgan fingerprint density at radius 3 is 2.60 bits per heavy atom. The number of para-hydroxylation sites is 1. The third-order valence-electron chi connectivity index (χ3n) is 7.29. The van der Waals surface area contributed by atoms with Gasteiger partial charge in [0.1, 0.15) is 0 Å². The lowest BCUT2D eigenvalue weighted by Crippen LogP contribution is -2.07. The van der Waals surface area contributed by atoms with Crippen LogP contribution in [-0.2, 0) is 13.1 Å². The number of hydrogen-bond donors (Lipinski definition) is 1. The van der Waals surface area contributed by atoms with Crippen LogP contribution in [0.5, 0.6) is 0 Å². The van der Waals surface area contributed by atoms with E-state index in [0.717, 1.165) is 18.6 Å². The molecule has 0 amide bonds. The van der Waals surface area contributed by atoms with Crippen LogP contribution < -0.4 is 0 Å². The molecule has 6 rings (SSSR count). The molecule has 0 atom stereocenters. The summed E-state index contributed by atoms with van der Waals surface area (Å²) in [5.41, 5.74) is 8.13. The van der Waals surface area contributed by atoms with Crippen LogP contribution in [0.4, 0.5) is 0 Å². The summed E-state index contributed by atoms with van der Waals surface area (Å²) in [5.74, 6) is -0.310. The number of carboxylic acids is 1. The Bertz CT molecular complexity index is 1320. The van der Waals surface area contributed by atoms with E-state index in [1.165, 1.54) is 70.9 Å². The van der Waals surface area contributed by atoms with Crippen LogP contribution in [0.15, 0.2) is 42.5 Å². The number of carboxylic acid groups (broad SMARTS) is 1. The zero-order valence-corrected chi connectivity index (χ0v) is 17.3. The molecule has 3 heterocycles. The van der Waals surface area contributed by atoms with Crippen molar-refractivity contribution >= 4 is 27.8 Å². The molecular weight excluding hydrogens is 372 g/mol. The number of hydrogen-bond acceptors (Lipinski definition) is 1. The minimum absolute atomic E-state index is 0.372. The van der Waals surface area contributed by atoms with Crippen molar-refractivity contribution in [2.45, 2.75) is 58.0 Å². The Balaban J connectivity index is 1.73. The second kappa shape index (κ2) is 6.49. The Labute approximate surface area is 175 Å². The maximum atomic E-state index is 11.7. The van der Waals surface area contributed by atoms with Crippen LogP contribution in [0.25, 0.3) is 33.1 Å². The number of aromatic nitrogens is 2. The second-order valence-corrected chi connectivity index (χ2v) is 8.97. The standard InChI is InChI=1S/C26H26N2O2/c1-16-14-18-8-5-9-21-24(18)27(16)12-13-28-22-15-19(26(29)30)10-11-20(22)23(25(21)28)17-6-3-2-4-7-17/h5,8-11,14-15,17H,2-4,6-7,12-13H2,1H3,(H,29,30). The van der Waals surface area contributed by atoms with Gasteiger partial charge in [0, 0.05) is 40.6 Å². The molecule has 1 aliphatic carbocycles. The summed E-state index contributed by atoms with van der Waals surface area (Å²) >= 11 is 0. The molecule has 2 aliphatic rings. The zero-order chi connectivity index (χ0) is 20.4. The third-order valence-corrected chi connectivity index (χ3v) is 7.29. The van der Waals surface area contributed by atoms with E-state index < -0.39 is 5.97 Å². The normalized spacial score (nSPS) is 16.7. The summed E-state index contributed by atoms with van der Waals surface area (Å²) in [7, 11) is 0. The summed E-state index contributed by atoms with van der Waals surface area (Å²) in [6.07, 6.45) is 6.34. The van der Waals surface area contributed by atoms with E-state index in [2.05, 4.69) is 46.4 Å². The minimum atomic E-state index is -0.857. The van der Waals surface area contributed by atoms with Crippen molar-refractivity contribution in [1.82, 2.24) is 9.13 Å². The lowest BCUT2D eigenvalue weighted by molar-refractivity contribution is 0.0697. The van der Waals surface area contributed by atoms with Crippen molar-refractivity contribution in [3.63, 3.8) is 0 Å². The van der Waals surface area contributed by atoms with Crippen LogP contribution in [0.1, 0.15) is 59.6 Å². The van der Waals surface area contributed by atoms with Crippen LogP contribution in [0.2, 0.25) is 0 Å². The molecule has 1 aliphatic heterocycles. The molecule has 1 N–H and O–H groups in total. The summed E-state index contributed by atoms with van der Waals surface area (Å²) in [6.45, 7) is 3.96. The Morgan fingerprint density at radius 2 is 1.80 bits per heavy atom. The predicted octanol–water partition coefficient (Wildman–Crippen LogP) is 6.33. The Hall–Kier alpha value is -3.01. The van der Waals surface area contributed by atoms with Gasteiger partial charge < -0.3 is 14.2 Å². The van der Waals surface area contributed by atoms with E-state index in [-0.39, 0.29) is 0 Å². The van der Waals surface area contributed by atoms with E-state index in [0.29, 0.717) is 11.5 Å². The molecule has 152 valence electrons. The first-order valence-electron chi connectivity index (χ1n) is 11.1. The van der Waals surface area contributed by atoms with Crippen molar-refractivity contribution in [2.24, 2.45) is 0 Å². The Kier molecular flexibility index (Phi) is 3.86. The van der Waals surface area contributed by atoms with Gasteiger partial charge in [0.2, 0.25) is 0 Å². The highest BCUT2D eigenvalue weighted by Gasteiger charge is 2.29. The highest BCUT2D eigenvalue weighted by molar-refractivity contribution is 6.03. The number of benzene rings is 2. The number of aromatic carboxylic acids is 1. The average Bonchev–Trinajstić information content (AvgIpc) is 3.19. The smallest absolute Gasteiger partial charge is 0.335 e. The van der Waals surface area contributed by atoms with Gasteiger partial charge in [-0.15, -0.1) is 0 Å². The fourth-order valence-electron chi connectivity index (χ4n) is 5.97. The first-order chi connectivity index (χ1) is 14.6. The third kappa shape index (κ3) is 2.43. The van der Waals surface area contributed by atoms with Gasteiger partial charge in [0.15, 0.2) is 0 Å². The van der Waals surface area contributed by atoms with Crippen molar-refractivity contribution < 1.29 is 9.90 Å². The maximum absolute atomic E-state index is 11.7. The SMILES string of the molecule is Cc1cc2cccc3c2n1CCn1c-3c(C2CCCCC2)c2ccc(C(=O)O)cc21. The second-order valence-electron chi connectivity index (χ2n) is 8.97. The molecule has 4 nitrogen and oxygen atoms in total. The van der Waals surface area contributed by atoms with Crippen LogP contribution >= 0.6 is 0 Å². The number of nitrogens with zero attached hydrogens (tertiary/aromatic N) is 2. The van der Waals surface area contributed by atoms with E-state index in [1.54, 1.807) is 6.07 Å². The van der Waals surface area contributed by atoms with E-state index >= 15 is 0 Å². The number of fused-ring (bicyclic) bond motifs is 4. The lowest BCUT2D eigenvalue weighted by Gasteiger charge is -2.23. The van der Waals surface area contributed by atoms with E-state index in [4.69, 9.17) is 0 Å². The summed E-state index contributed by atoms with van der Waals surface area (Å²) in [4.78, 5) is 11.7. The van der Waals surface area contributed by atoms with Gasteiger partial charge in [-0.1, -0.05) is 43.5 Å². The summed E-state index contributed by atoms with van der Waals surface area (Å²) in [6, 6.07) is 14.7. The van der Waals surface area contributed by atoms with Crippen molar-refractivity contribution in [3.8, 4) is 11.3 Å². The fraction of sp³-hybridized carbons (Fsp3) is 0.346. The van der Waals surface area contributed by atoms with Crippen LogP contribution in [0, 0.1) is 6.92 Å². The summed E-state index contributed by atoms with van der Waals surface area (Å²) < 4.78 is 4.85. The van der Waals surface area contributed by atoms with Crippen LogP contribution in [0.3, 0.4) is 0 Å². The first-order valence-corrected chi connectivity index (χ1v) is 11.1. The molecule has 1 fully saturated rings. The molecule has 2 aromatic heterocycles. The van der Waals surface area contributed by atoms with Crippen molar-refractivity contribution in [1.29, 1.82) is 0 Å². The molecule has 0 unspecified atom stereocenters. The van der Waals surface area contributed by atoms with Gasteiger partial charge in [-0.05, 0) is 49.4 Å². The Morgan fingerprint density at radius 1 is 1.00 bits per heavy atom. The largest absolute Gasteiger partial charge is 0.478 e. The molecule has 4 heteroatoms. The zero-order valence-electron chi connectivity index (χ0n) is 17.3. The molecule has 30 heavy (non-hydrogen) atoms. The van der Waals surface area contributed by atoms with Gasteiger partial charge in [0.25, 0.3) is 0 Å². The molecule has 0 spiro atoms. The van der Waals surface area contributed by atoms with Crippen molar-refractivity contribution in [2.75, 3.05) is 0 Å².